The summed E-state index contributed by atoms with van der Waals surface area (Å²) in [6, 6.07) is 24.6. The standard InChI is InChI=1S/C26H26N2O4/c1-19-26(30)28(14-15-31-23-10-6-3-7-11-23)18-21-17-22(12-13-24(21)32-19)27-25(29)16-20-8-4-2-5-9-20/h2-13,17,19H,14-16,18H2,1H3,(H,27,29)/t19-/m1/s1. The molecule has 3 aromatic rings. The number of carbonyl (C=O) groups excluding carboxylic acids is 2. The van der Waals surface area contributed by atoms with Crippen LogP contribution >= 0.6 is 0 Å². The number of anilines is 1. The summed E-state index contributed by atoms with van der Waals surface area (Å²) in [5.41, 5.74) is 2.47. The molecule has 32 heavy (non-hydrogen) atoms. The van der Waals surface area contributed by atoms with Crippen LogP contribution in [0.15, 0.2) is 78.9 Å². The van der Waals surface area contributed by atoms with Gasteiger partial charge in [0.1, 0.15) is 18.1 Å². The van der Waals surface area contributed by atoms with E-state index in [-0.39, 0.29) is 11.8 Å². The Morgan fingerprint density at radius 3 is 2.53 bits per heavy atom. The summed E-state index contributed by atoms with van der Waals surface area (Å²) in [7, 11) is 0. The first-order valence-electron chi connectivity index (χ1n) is 10.7. The number of fused-ring (bicyclic) bond motifs is 1. The molecule has 0 radical (unpaired) electrons. The number of benzene rings is 3. The van der Waals surface area contributed by atoms with Gasteiger partial charge in [0, 0.05) is 17.8 Å². The number of para-hydroxylation sites is 1. The molecule has 0 spiro atoms. The van der Waals surface area contributed by atoms with Crippen molar-refractivity contribution in [3.8, 4) is 11.5 Å². The fourth-order valence-electron chi connectivity index (χ4n) is 3.64. The van der Waals surface area contributed by atoms with Gasteiger partial charge >= 0.3 is 0 Å². The largest absolute Gasteiger partial charge is 0.492 e. The molecule has 0 saturated heterocycles. The summed E-state index contributed by atoms with van der Waals surface area (Å²) in [4.78, 5) is 27.0. The first-order valence-corrected chi connectivity index (χ1v) is 10.7. The Balaban J connectivity index is 1.42. The number of rotatable bonds is 7. The van der Waals surface area contributed by atoms with Crippen LogP contribution in [-0.2, 0) is 22.6 Å². The second-order valence-corrected chi connectivity index (χ2v) is 7.71. The summed E-state index contributed by atoms with van der Waals surface area (Å²) in [6.45, 7) is 2.95. The van der Waals surface area contributed by atoms with E-state index in [2.05, 4.69) is 5.32 Å². The van der Waals surface area contributed by atoms with Crippen molar-refractivity contribution in [1.82, 2.24) is 4.90 Å². The predicted octanol–water partition coefficient (Wildman–Crippen LogP) is 4.06. The van der Waals surface area contributed by atoms with Crippen molar-refractivity contribution >= 4 is 17.5 Å². The van der Waals surface area contributed by atoms with Gasteiger partial charge in [0.25, 0.3) is 5.91 Å². The molecule has 0 unspecified atom stereocenters. The maximum absolute atomic E-state index is 12.8. The predicted molar refractivity (Wildman–Crippen MR) is 123 cm³/mol. The molecule has 1 aliphatic rings. The summed E-state index contributed by atoms with van der Waals surface area (Å²) in [5.74, 6) is 1.23. The van der Waals surface area contributed by atoms with Crippen molar-refractivity contribution < 1.29 is 19.1 Å². The van der Waals surface area contributed by atoms with Crippen molar-refractivity contribution in [2.75, 3.05) is 18.5 Å². The molecule has 2 amide bonds. The summed E-state index contributed by atoms with van der Waals surface area (Å²) < 4.78 is 11.6. The van der Waals surface area contributed by atoms with Crippen molar-refractivity contribution in [2.24, 2.45) is 0 Å². The summed E-state index contributed by atoms with van der Waals surface area (Å²) in [6.07, 6.45) is -0.293. The molecule has 4 rings (SSSR count). The van der Waals surface area contributed by atoms with E-state index < -0.39 is 6.10 Å². The van der Waals surface area contributed by atoms with Crippen molar-refractivity contribution in [1.29, 1.82) is 0 Å². The minimum absolute atomic E-state index is 0.0903. The highest BCUT2D eigenvalue weighted by atomic mass is 16.5. The van der Waals surface area contributed by atoms with Crippen LogP contribution < -0.4 is 14.8 Å². The van der Waals surface area contributed by atoms with E-state index in [4.69, 9.17) is 9.47 Å². The maximum atomic E-state index is 12.8. The van der Waals surface area contributed by atoms with E-state index in [0.29, 0.717) is 37.6 Å². The molecule has 1 heterocycles. The zero-order valence-corrected chi connectivity index (χ0v) is 18.0. The van der Waals surface area contributed by atoms with Crippen LogP contribution in [0.3, 0.4) is 0 Å². The third-order valence-corrected chi connectivity index (χ3v) is 5.25. The Morgan fingerprint density at radius 2 is 1.78 bits per heavy atom. The Morgan fingerprint density at radius 1 is 1.06 bits per heavy atom. The van der Waals surface area contributed by atoms with Gasteiger partial charge in [-0.15, -0.1) is 0 Å². The van der Waals surface area contributed by atoms with Gasteiger partial charge in [-0.1, -0.05) is 48.5 Å². The molecule has 6 heteroatoms. The molecule has 6 nitrogen and oxygen atoms in total. The molecule has 0 bridgehead atoms. The monoisotopic (exact) mass is 430 g/mol. The van der Waals surface area contributed by atoms with E-state index in [9.17, 15) is 9.59 Å². The fourth-order valence-corrected chi connectivity index (χ4v) is 3.64. The second kappa shape index (κ2) is 10.0. The van der Waals surface area contributed by atoms with Crippen LogP contribution in [-0.4, -0.2) is 36.0 Å². The van der Waals surface area contributed by atoms with Crippen molar-refractivity contribution in [3.63, 3.8) is 0 Å². The second-order valence-electron chi connectivity index (χ2n) is 7.71. The minimum Gasteiger partial charge on any atom is -0.492 e. The Bertz CT molecular complexity index is 1070. The lowest BCUT2D eigenvalue weighted by atomic mass is 10.1. The molecule has 0 fully saturated rings. The topological polar surface area (TPSA) is 67.9 Å². The molecule has 1 aliphatic heterocycles. The first kappa shape index (κ1) is 21.4. The quantitative estimate of drug-likeness (QED) is 0.614. The number of hydrogen-bond donors (Lipinski definition) is 1. The van der Waals surface area contributed by atoms with E-state index in [1.807, 2.05) is 66.7 Å². The van der Waals surface area contributed by atoms with E-state index >= 15 is 0 Å². The zero-order valence-electron chi connectivity index (χ0n) is 18.0. The van der Waals surface area contributed by atoms with Crippen molar-refractivity contribution in [2.45, 2.75) is 26.0 Å². The van der Waals surface area contributed by atoms with Gasteiger partial charge in [0.2, 0.25) is 5.91 Å². The number of hydrogen-bond acceptors (Lipinski definition) is 4. The van der Waals surface area contributed by atoms with Gasteiger partial charge in [-0.3, -0.25) is 9.59 Å². The molecule has 1 atom stereocenters. The van der Waals surface area contributed by atoms with E-state index in [1.165, 1.54) is 0 Å². The summed E-state index contributed by atoms with van der Waals surface area (Å²) >= 11 is 0. The van der Waals surface area contributed by atoms with Gasteiger partial charge in [-0.2, -0.15) is 0 Å². The number of amides is 2. The lowest BCUT2D eigenvalue weighted by molar-refractivity contribution is -0.138. The van der Waals surface area contributed by atoms with E-state index in [1.54, 1.807) is 24.0 Å². The highest BCUT2D eigenvalue weighted by molar-refractivity contribution is 5.92. The molecule has 0 aromatic heterocycles. The minimum atomic E-state index is -0.591. The maximum Gasteiger partial charge on any atom is 0.263 e. The molecule has 3 aromatic carbocycles. The van der Waals surface area contributed by atoms with Crippen LogP contribution in [0.1, 0.15) is 18.1 Å². The normalized spacial score (nSPS) is 15.3. The van der Waals surface area contributed by atoms with Gasteiger partial charge in [-0.05, 0) is 42.8 Å². The lowest BCUT2D eigenvalue weighted by Gasteiger charge is -2.22. The van der Waals surface area contributed by atoms with Gasteiger partial charge < -0.3 is 19.7 Å². The Hall–Kier alpha value is -3.80. The first-order chi connectivity index (χ1) is 15.6. The molecule has 0 saturated carbocycles. The molecule has 164 valence electrons. The van der Waals surface area contributed by atoms with Gasteiger partial charge in [0.05, 0.1) is 13.0 Å². The van der Waals surface area contributed by atoms with Gasteiger partial charge in [0.15, 0.2) is 6.10 Å². The molecular weight excluding hydrogens is 404 g/mol. The fraction of sp³-hybridized carbons (Fsp3) is 0.231. The van der Waals surface area contributed by atoms with Crippen LogP contribution in [0.5, 0.6) is 11.5 Å². The van der Waals surface area contributed by atoms with Crippen LogP contribution in [0, 0.1) is 0 Å². The Labute approximate surface area is 187 Å². The molecular formula is C26H26N2O4. The summed E-state index contributed by atoms with van der Waals surface area (Å²) in [5, 5.41) is 2.94. The highest BCUT2D eigenvalue weighted by Gasteiger charge is 2.28. The van der Waals surface area contributed by atoms with Crippen molar-refractivity contribution in [3.05, 3.63) is 90.0 Å². The lowest BCUT2D eigenvalue weighted by Crippen LogP contribution is -2.40. The number of carbonyl (C=O) groups is 2. The van der Waals surface area contributed by atoms with Crippen LogP contribution in [0.25, 0.3) is 0 Å². The Kier molecular flexibility index (Phi) is 6.70. The van der Waals surface area contributed by atoms with Crippen LogP contribution in [0.4, 0.5) is 5.69 Å². The number of ether oxygens (including phenoxy) is 2. The average molecular weight is 431 g/mol. The molecule has 1 N–H and O–H groups in total. The SMILES string of the molecule is C[C@H]1Oc2ccc(NC(=O)Cc3ccccc3)cc2CN(CCOc2ccccc2)C1=O. The van der Waals surface area contributed by atoms with Crippen LogP contribution in [0.2, 0.25) is 0 Å². The highest BCUT2D eigenvalue weighted by Crippen LogP contribution is 2.28. The average Bonchev–Trinajstić information content (AvgIpc) is 2.91. The third kappa shape index (κ3) is 5.46. The van der Waals surface area contributed by atoms with E-state index in [0.717, 1.165) is 16.9 Å². The third-order valence-electron chi connectivity index (χ3n) is 5.25. The molecule has 0 aliphatic carbocycles. The smallest absolute Gasteiger partial charge is 0.263 e. The number of nitrogens with zero attached hydrogens (tertiary/aromatic N) is 1. The van der Waals surface area contributed by atoms with Gasteiger partial charge in [-0.25, -0.2) is 0 Å². The zero-order chi connectivity index (χ0) is 22.3. The number of nitrogens with one attached hydrogen (secondary N) is 1.